The molecule has 0 spiro atoms. The lowest BCUT2D eigenvalue weighted by Gasteiger charge is -2.35. The van der Waals surface area contributed by atoms with Crippen molar-refractivity contribution in [2.45, 2.75) is 19.4 Å². The lowest BCUT2D eigenvalue weighted by molar-refractivity contribution is 0.609. The number of fused-ring (bicyclic) bond motifs is 1. The van der Waals surface area contributed by atoms with Gasteiger partial charge in [-0.15, -0.1) is 11.3 Å². The van der Waals surface area contributed by atoms with Gasteiger partial charge in [-0.05, 0) is 48.6 Å². The Morgan fingerprint density at radius 3 is 3.00 bits per heavy atom. The van der Waals surface area contributed by atoms with Crippen molar-refractivity contribution in [1.82, 2.24) is 0 Å². The van der Waals surface area contributed by atoms with Crippen LogP contribution in [0.4, 0.5) is 10.1 Å². The number of nitriles is 1. The summed E-state index contributed by atoms with van der Waals surface area (Å²) >= 11 is 1.79. The molecule has 0 N–H and O–H groups in total. The predicted molar refractivity (Wildman–Crippen MR) is 74.9 cm³/mol. The average molecular weight is 272 g/mol. The second kappa shape index (κ2) is 4.67. The lowest BCUT2D eigenvalue weighted by Crippen LogP contribution is -2.33. The Bertz CT molecular complexity index is 656. The normalized spacial score (nSPS) is 17.9. The van der Waals surface area contributed by atoms with Crippen molar-refractivity contribution in [2.75, 3.05) is 11.4 Å². The van der Waals surface area contributed by atoms with Crippen LogP contribution < -0.4 is 4.90 Å². The van der Waals surface area contributed by atoms with E-state index in [9.17, 15) is 4.39 Å². The van der Waals surface area contributed by atoms with Gasteiger partial charge < -0.3 is 4.90 Å². The number of hydrogen-bond acceptors (Lipinski definition) is 3. The Morgan fingerprint density at radius 2 is 2.26 bits per heavy atom. The molecule has 0 fully saturated rings. The number of halogens is 1. The van der Waals surface area contributed by atoms with E-state index < -0.39 is 5.82 Å². The van der Waals surface area contributed by atoms with Gasteiger partial charge in [-0.2, -0.15) is 5.26 Å². The van der Waals surface area contributed by atoms with E-state index >= 15 is 0 Å². The molecule has 0 bridgehead atoms. The van der Waals surface area contributed by atoms with Crippen LogP contribution in [0.3, 0.4) is 0 Å². The molecule has 4 heteroatoms. The highest BCUT2D eigenvalue weighted by molar-refractivity contribution is 7.10. The molecule has 0 radical (unpaired) electrons. The van der Waals surface area contributed by atoms with Gasteiger partial charge in [0.2, 0.25) is 0 Å². The maximum Gasteiger partial charge on any atom is 0.143 e. The van der Waals surface area contributed by atoms with Crippen LogP contribution in [0.15, 0.2) is 29.6 Å². The molecule has 3 rings (SSSR count). The minimum absolute atomic E-state index is 0.102. The first-order valence-corrected chi connectivity index (χ1v) is 7.11. The molecular formula is C15H13FN2S. The van der Waals surface area contributed by atoms with Crippen LogP contribution in [0.25, 0.3) is 0 Å². The average Bonchev–Trinajstić information content (AvgIpc) is 2.88. The van der Waals surface area contributed by atoms with Gasteiger partial charge in [0.25, 0.3) is 0 Å². The molecule has 1 aromatic carbocycles. The molecule has 1 atom stereocenters. The Balaban J connectivity index is 1.96. The first-order valence-electron chi connectivity index (χ1n) is 6.23. The number of benzene rings is 1. The van der Waals surface area contributed by atoms with Crippen molar-refractivity contribution in [2.24, 2.45) is 0 Å². The first-order chi connectivity index (χ1) is 9.20. The maximum absolute atomic E-state index is 13.7. The van der Waals surface area contributed by atoms with Crippen LogP contribution in [0.2, 0.25) is 0 Å². The monoisotopic (exact) mass is 272 g/mol. The molecule has 96 valence electrons. The smallest absolute Gasteiger partial charge is 0.143 e. The molecule has 0 saturated heterocycles. The van der Waals surface area contributed by atoms with Gasteiger partial charge >= 0.3 is 0 Å². The van der Waals surface area contributed by atoms with Gasteiger partial charge in [-0.25, -0.2) is 4.39 Å². The van der Waals surface area contributed by atoms with Gasteiger partial charge in [0.05, 0.1) is 11.6 Å². The third-order valence-corrected chi connectivity index (χ3v) is 4.68. The molecule has 1 aromatic heterocycles. The van der Waals surface area contributed by atoms with E-state index in [1.807, 2.05) is 12.1 Å². The topological polar surface area (TPSA) is 27.0 Å². The van der Waals surface area contributed by atoms with Gasteiger partial charge in [-0.3, -0.25) is 0 Å². The largest absolute Gasteiger partial charge is 0.364 e. The molecular weight excluding hydrogens is 259 g/mol. The number of nitrogens with zero attached hydrogens (tertiary/aromatic N) is 2. The van der Waals surface area contributed by atoms with E-state index in [-0.39, 0.29) is 11.6 Å². The molecule has 0 amide bonds. The van der Waals surface area contributed by atoms with Crippen LogP contribution in [0, 0.1) is 17.1 Å². The highest BCUT2D eigenvalue weighted by Crippen LogP contribution is 2.36. The molecule has 2 heterocycles. The predicted octanol–water partition coefficient (Wildman–Crippen LogP) is 3.88. The number of thiophene rings is 1. The van der Waals surface area contributed by atoms with Crippen LogP contribution in [-0.4, -0.2) is 6.54 Å². The molecule has 2 aromatic rings. The van der Waals surface area contributed by atoms with Crippen molar-refractivity contribution >= 4 is 17.0 Å². The van der Waals surface area contributed by atoms with Crippen molar-refractivity contribution in [3.05, 3.63) is 51.5 Å². The molecule has 0 saturated carbocycles. The van der Waals surface area contributed by atoms with Crippen LogP contribution >= 0.6 is 11.3 Å². The zero-order valence-corrected chi connectivity index (χ0v) is 11.4. The van der Waals surface area contributed by atoms with E-state index in [0.29, 0.717) is 0 Å². The van der Waals surface area contributed by atoms with Crippen molar-refractivity contribution in [3.8, 4) is 6.07 Å². The zero-order chi connectivity index (χ0) is 13.4. The molecule has 19 heavy (non-hydrogen) atoms. The maximum atomic E-state index is 13.7. The second-order valence-electron chi connectivity index (χ2n) is 4.69. The number of hydrogen-bond donors (Lipinski definition) is 0. The highest BCUT2D eigenvalue weighted by Gasteiger charge is 2.25. The van der Waals surface area contributed by atoms with Crippen LogP contribution in [0.1, 0.15) is 29.0 Å². The SMILES string of the molecule is CC1c2ccsc2CCN1c1ccc(C#N)c(F)c1. The summed E-state index contributed by atoms with van der Waals surface area (Å²) in [4.78, 5) is 3.62. The summed E-state index contributed by atoms with van der Waals surface area (Å²) < 4.78 is 13.7. The van der Waals surface area contributed by atoms with E-state index in [4.69, 9.17) is 5.26 Å². The van der Waals surface area contributed by atoms with Gasteiger partial charge in [-0.1, -0.05) is 0 Å². The third kappa shape index (κ3) is 2.00. The second-order valence-corrected chi connectivity index (χ2v) is 5.70. The molecule has 1 aliphatic heterocycles. The van der Waals surface area contributed by atoms with Crippen LogP contribution in [0.5, 0.6) is 0 Å². The van der Waals surface area contributed by atoms with Crippen molar-refractivity contribution in [3.63, 3.8) is 0 Å². The molecule has 2 nitrogen and oxygen atoms in total. The Hall–Kier alpha value is -1.86. The Morgan fingerprint density at radius 1 is 1.42 bits per heavy atom. The summed E-state index contributed by atoms with van der Waals surface area (Å²) in [5.41, 5.74) is 2.28. The summed E-state index contributed by atoms with van der Waals surface area (Å²) in [6.45, 7) is 3.03. The minimum Gasteiger partial charge on any atom is -0.364 e. The number of anilines is 1. The highest BCUT2D eigenvalue weighted by atomic mass is 32.1. The summed E-state index contributed by atoms with van der Waals surface area (Å²) in [5, 5.41) is 10.9. The fraction of sp³-hybridized carbons (Fsp3) is 0.267. The number of rotatable bonds is 1. The van der Waals surface area contributed by atoms with Gasteiger partial charge in [0.15, 0.2) is 0 Å². The quantitative estimate of drug-likeness (QED) is 0.787. The summed E-state index contributed by atoms with van der Waals surface area (Å²) in [7, 11) is 0. The van der Waals surface area contributed by atoms with Crippen molar-refractivity contribution < 1.29 is 4.39 Å². The first kappa shape index (κ1) is 12.2. The molecule has 1 aliphatic rings. The Labute approximate surface area is 115 Å². The summed E-state index contributed by atoms with van der Waals surface area (Å²) in [6, 6.07) is 9.11. The van der Waals surface area contributed by atoms with Crippen molar-refractivity contribution in [1.29, 1.82) is 5.26 Å². The fourth-order valence-corrected chi connectivity index (χ4v) is 3.60. The van der Waals surface area contributed by atoms with E-state index in [2.05, 4.69) is 23.3 Å². The van der Waals surface area contributed by atoms with Crippen LogP contribution in [-0.2, 0) is 6.42 Å². The Kier molecular flexibility index (Phi) is 3.00. The lowest BCUT2D eigenvalue weighted by atomic mass is 10.0. The zero-order valence-electron chi connectivity index (χ0n) is 10.6. The molecule has 1 unspecified atom stereocenters. The third-order valence-electron chi connectivity index (χ3n) is 3.68. The summed E-state index contributed by atoms with van der Waals surface area (Å²) in [6.07, 6.45) is 0.999. The van der Waals surface area contributed by atoms with Gasteiger partial charge in [0.1, 0.15) is 11.9 Å². The fourth-order valence-electron chi connectivity index (χ4n) is 2.64. The minimum atomic E-state index is -0.441. The standard InChI is InChI=1S/C15H13FN2S/c1-10-13-5-7-19-15(13)4-6-18(10)12-3-2-11(9-17)14(16)8-12/h2-3,5,7-8,10H,4,6H2,1H3. The van der Waals surface area contributed by atoms with E-state index in [0.717, 1.165) is 18.7 Å². The van der Waals surface area contributed by atoms with Gasteiger partial charge in [0, 0.05) is 17.1 Å². The van der Waals surface area contributed by atoms with E-state index in [1.54, 1.807) is 17.4 Å². The summed E-state index contributed by atoms with van der Waals surface area (Å²) in [5.74, 6) is -0.441. The van der Waals surface area contributed by atoms with E-state index in [1.165, 1.54) is 16.5 Å². The molecule has 0 aliphatic carbocycles.